The van der Waals surface area contributed by atoms with E-state index < -0.39 is 15.8 Å². The molecule has 0 unspecified atom stereocenters. The lowest BCUT2D eigenvalue weighted by Crippen LogP contribution is -2.13. The van der Waals surface area contributed by atoms with Crippen LogP contribution in [-0.4, -0.2) is 18.6 Å². The lowest BCUT2D eigenvalue weighted by atomic mass is 10.1. The summed E-state index contributed by atoms with van der Waals surface area (Å²) in [6.07, 6.45) is 0. The monoisotopic (exact) mass is 367 g/mol. The van der Waals surface area contributed by atoms with Gasteiger partial charge in [-0.3, -0.25) is 9.82 Å². The van der Waals surface area contributed by atoms with Crippen LogP contribution in [0.25, 0.3) is 22.2 Å². The van der Waals surface area contributed by atoms with Gasteiger partial charge in [0, 0.05) is 16.6 Å². The fourth-order valence-corrected chi connectivity index (χ4v) is 3.82. The number of halogens is 1. The second kappa shape index (κ2) is 6.27. The first-order chi connectivity index (χ1) is 12.5. The van der Waals surface area contributed by atoms with Crippen molar-refractivity contribution >= 4 is 26.6 Å². The molecule has 4 rings (SSSR count). The van der Waals surface area contributed by atoms with E-state index in [0.717, 1.165) is 28.2 Å². The van der Waals surface area contributed by atoms with E-state index in [0.29, 0.717) is 5.69 Å². The van der Waals surface area contributed by atoms with Crippen molar-refractivity contribution < 1.29 is 12.8 Å². The van der Waals surface area contributed by atoms with Crippen molar-refractivity contribution in [1.29, 1.82) is 0 Å². The van der Waals surface area contributed by atoms with Crippen LogP contribution in [0, 0.1) is 5.82 Å². The van der Waals surface area contributed by atoms with Gasteiger partial charge in [0.25, 0.3) is 10.0 Å². The lowest BCUT2D eigenvalue weighted by Gasteiger charge is -2.08. The zero-order chi connectivity index (χ0) is 18.1. The molecular formula is C19H14FN3O2S. The van der Waals surface area contributed by atoms with Crippen LogP contribution in [0.3, 0.4) is 0 Å². The van der Waals surface area contributed by atoms with E-state index in [1.807, 2.05) is 30.3 Å². The molecule has 26 heavy (non-hydrogen) atoms. The minimum absolute atomic E-state index is 0.131. The summed E-state index contributed by atoms with van der Waals surface area (Å²) in [5.41, 5.74) is 2.81. The first-order valence-electron chi connectivity index (χ1n) is 7.85. The topological polar surface area (TPSA) is 74.8 Å². The molecule has 1 heterocycles. The van der Waals surface area contributed by atoms with Gasteiger partial charge in [-0.05, 0) is 36.4 Å². The maximum atomic E-state index is 13.3. The molecule has 130 valence electrons. The van der Waals surface area contributed by atoms with Crippen molar-refractivity contribution in [2.45, 2.75) is 4.90 Å². The highest BCUT2D eigenvalue weighted by atomic mass is 32.2. The van der Waals surface area contributed by atoms with Gasteiger partial charge in [0.2, 0.25) is 0 Å². The number of hydrogen-bond acceptors (Lipinski definition) is 3. The molecule has 5 nitrogen and oxygen atoms in total. The van der Waals surface area contributed by atoms with Crippen LogP contribution in [0.15, 0.2) is 77.7 Å². The molecule has 0 atom stereocenters. The number of nitrogens with zero attached hydrogens (tertiary/aromatic N) is 1. The highest BCUT2D eigenvalue weighted by Gasteiger charge is 2.16. The summed E-state index contributed by atoms with van der Waals surface area (Å²) in [6.45, 7) is 0. The molecule has 1 aromatic heterocycles. The number of aromatic amines is 1. The molecule has 7 heteroatoms. The van der Waals surface area contributed by atoms with Gasteiger partial charge in [-0.1, -0.05) is 36.4 Å². The van der Waals surface area contributed by atoms with Crippen molar-refractivity contribution in [2.24, 2.45) is 0 Å². The maximum Gasteiger partial charge on any atom is 0.261 e. The number of aromatic nitrogens is 2. The second-order valence-corrected chi connectivity index (χ2v) is 7.44. The molecule has 0 aliphatic heterocycles. The average Bonchev–Trinajstić information content (AvgIpc) is 3.05. The number of nitrogens with one attached hydrogen (secondary N) is 2. The number of anilines is 1. The Morgan fingerprint density at radius 3 is 2.50 bits per heavy atom. The van der Waals surface area contributed by atoms with E-state index in [-0.39, 0.29) is 4.90 Å². The molecule has 0 saturated heterocycles. The number of hydrogen-bond donors (Lipinski definition) is 2. The summed E-state index contributed by atoms with van der Waals surface area (Å²) in [4.78, 5) is -0.131. The Kier molecular flexibility index (Phi) is 3.93. The van der Waals surface area contributed by atoms with E-state index in [1.54, 1.807) is 18.2 Å². The molecule has 4 aromatic rings. The van der Waals surface area contributed by atoms with Gasteiger partial charge in [-0.25, -0.2) is 12.8 Å². The Bertz CT molecular complexity index is 1190. The second-order valence-electron chi connectivity index (χ2n) is 5.76. The van der Waals surface area contributed by atoms with E-state index in [9.17, 15) is 12.8 Å². The molecule has 0 aliphatic carbocycles. The predicted molar refractivity (Wildman–Crippen MR) is 98.7 cm³/mol. The Hall–Kier alpha value is -3.19. The molecule has 0 bridgehead atoms. The van der Waals surface area contributed by atoms with Crippen LogP contribution in [0.2, 0.25) is 0 Å². The normalized spacial score (nSPS) is 11.6. The third-order valence-electron chi connectivity index (χ3n) is 3.97. The Morgan fingerprint density at radius 2 is 1.73 bits per heavy atom. The Balaban J connectivity index is 1.74. The highest BCUT2D eigenvalue weighted by molar-refractivity contribution is 7.92. The van der Waals surface area contributed by atoms with Gasteiger partial charge >= 0.3 is 0 Å². The quantitative estimate of drug-likeness (QED) is 0.568. The van der Waals surface area contributed by atoms with E-state index in [1.165, 1.54) is 18.2 Å². The van der Waals surface area contributed by atoms with Gasteiger partial charge in [-0.15, -0.1) is 0 Å². The summed E-state index contributed by atoms with van der Waals surface area (Å²) < 4.78 is 40.8. The summed E-state index contributed by atoms with van der Waals surface area (Å²) >= 11 is 0. The van der Waals surface area contributed by atoms with Crippen molar-refractivity contribution in [3.05, 3.63) is 78.6 Å². The minimum Gasteiger partial charge on any atom is -0.280 e. The molecular weight excluding hydrogens is 353 g/mol. The van der Waals surface area contributed by atoms with Crippen molar-refractivity contribution in [2.75, 3.05) is 4.72 Å². The zero-order valence-corrected chi connectivity index (χ0v) is 14.3. The predicted octanol–water partition coefficient (Wildman–Crippen LogP) is 4.17. The van der Waals surface area contributed by atoms with Crippen LogP contribution in [-0.2, 0) is 10.0 Å². The number of H-pyrrole nitrogens is 1. The van der Waals surface area contributed by atoms with Crippen molar-refractivity contribution in [3.63, 3.8) is 0 Å². The zero-order valence-electron chi connectivity index (χ0n) is 13.5. The fourth-order valence-electron chi connectivity index (χ4n) is 2.74. The summed E-state index contributed by atoms with van der Waals surface area (Å²) in [6, 6.07) is 19.6. The third-order valence-corrected chi connectivity index (χ3v) is 5.35. The van der Waals surface area contributed by atoms with Gasteiger partial charge in [0.15, 0.2) is 0 Å². The minimum atomic E-state index is -3.89. The van der Waals surface area contributed by atoms with Gasteiger partial charge < -0.3 is 0 Å². The largest absolute Gasteiger partial charge is 0.280 e. The maximum absolute atomic E-state index is 13.3. The average molecular weight is 367 g/mol. The summed E-state index contributed by atoms with van der Waals surface area (Å²) in [7, 11) is -3.89. The lowest BCUT2D eigenvalue weighted by molar-refractivity contribution is 0.595. The number of fused-ring (bicyclic) bond motifs is 1. The molecule has 0 saturated carbocycles. The number of rotatable bonds is 4. The van der Waals surface area contributed by atoms with Gasteiger partial charge in [0.1, 0.15) is 5.82 Å². The molecule has 0 spiro atoms. The Morgan fingerprint density at radius 1 is 0.923 bits per heavy atom. The van der Waals surface area contributed by atoms with Crippen LogP contribution in [0.4, 0.5) is 10.1 Å². The van der Waals surface area contributed by atoms with Crippen LogP contribution >= 0.6 is 0 Å². The van der Waals surface area contributed by atoms with E-state index in [2.05, 4.69) is 14.9 Å². The first-order valence-corrected chi connectivity index (χ1v) is 9.33. The molecule has 2 N–H and O–H groups in total. The number of benzene rings is 3. The molecule has 0 fully saturated rings. The molecule has 0 amide bonds. The summed E-state index contributed by atoms with van der Waals surface area (Å²) in [5.74, 6) is -0.607. The molecule has 0 aliphatic rings. The van der Waals surface area contributed by atoms with E-state index in [4.69, 9.17) is 0 Å². The third kappa shape index (κ3) is 3.04. The van der Waals surface area contributed by atoms with Crippen LogP contribution in [0.1, 0.15) is 0 Å². The van der Waals surface area contributed by atoms with Crippen LogP contribution in [0.5, 0.6) is 0 Å². The molecule has 0 radical (unpaired) electrons. The van der Waals surface area contributed by atoms with Crippen molar-refractivity contribution in [3.8, 4) is 11.3 Å². The smallest absolute Gasteiger partial charge is 0.261 e. The van der Waals surface area contributed by atoms with Crippen LogP contribution < -0.4 is 4.72 Å². The Labute approximate surface area is 149 Å². The standard InChI is InChI=1S/C19H14FN3O2S/c20-14-7-4-8-16(11-14)26(24,25)23-15-9-10-18-17(12-15)19(22-21-18)13-5-2-1-3-6-13/h1-12,23H,(H,21,22). The molecule has 3 aromatic carbocycles. The van der Waals surface area contributed by atoms with E-state index >= 15 is 0 Å². The van der Waals surface area contributed by atoms with Gasteiger partial charge in [0.05, 0.1) is 16.1 Å². The number of sulfonamides is 1. The summed E-state index contributed by atoms with van der Waals surface area (Å²) in [5, 5.41) is 8.05. The van der Waals surface area contributed by atoms with Gasteiger partial charge in [-0.2, -0.15) is 5.10 Å². The van der Waals surface area contributed by atoms with Crippen molar-refractivity contribution in [1.82, 2.24) is 10.2 Å². The highest BCUT2D eigenvalue weighted by Crippen LogP contribution is 2.29. The SMILES string of the molecule is O=S(=O)(Nc1ccc2[nH]nc(-c3ccccc3)c2c1)c1cccc(F)c1. The first kappa shape index (κ1) is 16.3. The fraction of sp³-hybridized carbons (Fsp3) is 0.